The van der Waals surface area contributed by atoms with E-state index >= 15 is 0 Å². The molecule has 1 saturated heterocycles. The van der Waals surface area contributed by atoms with Crippen LogP contribution in [-0.2, 0) is 17.8 Å². The molecule has 0 bridgehead atoms. The average molecular weight is 408 g/mol. The summed E-state index contributed by atoms with van der Waals surface area (Å²) in [5, 5.41) is 0. The van der Waals surface area contributed by atoms with Gasteiger partial charge in [-0.3, -0.25) is 9.69 Å². The van der Waals surface area contributed by atoms with Gasteiger partial charge in [0.1, 0.15) is 0 Å². The summed E-state index contributed by atoms with van der Waals surface area (Å²) in [5.41, 5.74) is -2.59. The number of carbonyl (C=O) groups excluding carboxylic acids is 2. The lowest BCUT2D eigenvalue weighted by atomic mass is 9.95. The molecule has 2 aromatic rings. The largest absolute Gasteiger partial charge is 0.446 e. The Hall–Kier alpha value is -2.48. The lowest BCUT2D eigenvalue weighted by Gasteiger charge is -2.40. The Labute approximate surface area is 165 Å². The third-order valence-electron chi connectivity index (χ3n) is 4.47. The number of thioether (sulfide) groups is 1. The third kappa shape index (κ3) is 5.07. The molecule has 0 aliphatic carbocycles. The third-order valence-corrected chi connectivity index (χ3v) is 5.21. The molecule has 0 radical (unpaired) electrons. The Balaban J connectivity index is 1.59. The van der Waals surface area contributed by atoms with Crippen molar-refractivity contribution in [2.75, 3.05) is 7.05 Å². The molecule has 148 valence electrons. The standard InChI is InChI=1S/C20H19F3N2O2S/c1-24(13-15-7-9-17(10-8-15)28-20(21,22)23)19(27)25-16(12-18(25)26)11-14-5-3-2-4-6-14/h2-10,16H,11-13H2,1H3/t16-/m0/s1. The maximum absolute atomic E-state index is 12.7. The van der Waals surface area contributed by atoms with Crippen LogP contribution in [0.5, 0.6) is 0 Å². The van der Waals surface area contributed by atoms with Crippen LogP contribution in [0.4, 0.5) is 18.0 Å². The van der Waals surface area contributed by atoms with Crippen molar-refractivity contribution in [3.63, 3.8) is 0 Å². The molecule has 0 unspecified atom stereocenters. The summed E-state index contributed by atoms with van der Waals surface area (Å²) < 4.78 is 37.2. The molecule has 0 saturated carbocycles. The molecule has 4 nitrogen and oxygen atoms in total. The smallest absolute Gasteiger partial charge is 0.323 e. The van der Waals surface area contributed by atoms with Crippen LogP contribution >= 0.6 is 11.8 Å². The molecule has 0 aromatic heterocycles. The van der Waals surface area contributed by atoms with Gasteiger partial charge in [0, 0.05) is 24.9 Å². The summed E-state index contributed by atoms with van der Waals surface area (Å²) in [4.78, 5) is 27.4. The zero-order chi connectivity index (χ0) is 20.3. The van der Waals surface area contributed by atoms with E-state index in [0.29, 0.717) is 18.4 Å². The molecular formula is C20H19F3N2O2S. The minimum atomic E-state index is -4.33. The molecule has 3 amide bonds. The molecule has 1 aliphatic rings. The van der Waals surface area contributed by atoms with Crippen molar-refractivity contribution in [2.24, 2.45) is 0 Å². The van der Waals surface area contributed by atoms with E-state index in [-0.39, 0.29) is 35.2 Å². The summed E-state index contributed by atoms with van der Waals surface area (Å²) in [6.07, 6.45) is 0.938. The molecule has 8 heteroatoms. The van der Waals surface area contributed by atoms with Gasteiger partial charge in [0.05, 0.1) is 6.04 Å². The van der Waals surface area contributed by atoms with Crippen LogP contribution in [0, 0.1) is 0 Å². The van der Waals surface area contributed by atoms with Gasteiger partial charge in [-0.1, -0.05) is 42.5 Å². The minimum Gasteiger partial charge on any atom is -0.323 e. The summed E-state index contributed by atoms with van der Waals surface area (Å²) in [5.74, 6) is -0.213. The van der Waals surface area contributed by atoms with Gasteiger partial charge < -0.3 is 4.90 Å². The normalized spacial score (nSPS) is 16.6. The molecule has 3 rings (SSSR count). The van der Waals surface area contributed by atoms with Crippen molar-refractivity contribution in [3.05, 3.63) is 65.7 Å². The molecule has 28 heavy (non-hydrogen) atoms. The second-order valence-electron chi connectivity index (χ2n) is 6.64. The number of urea groups is 1. The lowest BCUT2D eigenvalue weighted by molar-refractivity contribution is -0.141. The maximum atomic E-state index is 12.7. The van der Waals surface area contributed by atoms with E-state index in [9.17, 15) is 22.8 Å². The highest BCUT2D eigenvalue weighted by Crippen LogP contribution is 2.36. The zero-order valence-corrected chi connectivity index (χ0v) is 16.0. The Morgan fingerprint density at radius 2 is 1.75 bits per heavy atom. The number of alkyl halides is 3. The van der Waals surface area contributed by atoms with E-state index in [2.05, 4.69) is 0 Å². The number of likely N-dealkylation sites (tertiary alicyclic amines) is 1. The first-order valence-corrected chi connectivity index (χ1v) is 9.50. The van der Waals surface area contributed by atoms with Crippen molar-refractivity contribution in [2.45, 2.75) is 35.8 Å². The van der Waals surface area contributed by atoms with Crippen LogP contribution in [0.15, 0.2) is 59.5 Å². The molecule has 0 N–H and O–H groups in total. The number of hydrogen-bond acceptors (Lipinski definition) is 3. The van der Waals surface area contributed by atoms with Crippen molar-refractivity contribution in [1.82, 2.24) is 9.80 Å². The van der Waals surface area contributed by atoms with E-state index in [0.717, 1.165) is 5.56 Å². The first-order chi connectivity index (χ1) is 13.2. The van der Waals surface area contributed by atoms with Crippen LogP contribution in [-0.4, -0.2) is 40.3 Å². The summed E-state index contributed by atoms with van der Waals surface area (Å²) in [7, 11) is 1.58. The van der Waals surface area contributed by atoms with Crippen molar-refractivity contribution in [1.29, 1.82) is 0 Å². The highest BCUT2D eigenvalue weighted by molar-refractivity contribution is 8.00. The summed E-state index contributed by atoms with van der Waals surface area (Å²) in [6.45, 7) is 0.206. The highest BCUT2D eigenvalue weighted by atomic mass is 32.2. The molecule has 1 heterocycles. The second-order valence-corrected chi connectivity index (χ2v) is 7.78. The average Bonchev–Trinajstić information content (AvgIpc) is 2.62. The van der Waals surface area contributed by atoms with Crippen LogP contribution in [0.2, 0.25) is 0 Å². The predicted molar refractivity (Wildman–Crippen MR) is 101 cm³/mol. The van der Waals surface area contributed by atoms with E-state index in [1.54, 1.807) is 19.2 Å². The molecule has 1 aliphatic heterocycles. The first-order valence-electron chi connectivity index (χ1n) is 8.69. The Morgan fingerprint density at radius 3 is 2.32 bits per heavy atom. The van der Waals surface area contributed by atoms with E-state index in [1.165, 1.54) is 21.9 Å². The fourth-order valence-corrected chi connectivity index (χ4v) is 3.66. The van der Waals surface area contributed by atoms with Gasteiger partial charge in [-0.15, -0.1) is 0 Å². The zero-order valence-electron chi connectivity index (χ0n) is 15.1. The number of nitrogens with zero attached hydrogens (tertiary/aromatic N) is 2. The van der Waals surface area contributed by atoms with Gasteiger partial charge in [0.15, 0.2) is 0 Å². The van der Waals surface area contributed by atoms with Crippen molar-refractivity contribution in [3.8, 4) is 0 Å². The molecular weight excluding hydrogens is 389 g/mol. The number of benzene rings is 2. The number of halogens is 3. The van der Waals surface area contributed by atoms with Crippen molar-refractivity contribution >= 4 is 23.7 Å². The van der Waals surface area contributed by atoms with Crippen LogP contribution in [0.25, 0.3) is 0 Å². The van der Waals surface area contributed by atoms with Crippen LogP contribution < -0.4 is 0 Å². The summed E-state index contributed by atoms with van der Waals surface area (Å²) >= 11 is -0.180. The van der Waals surface area contributed by atoms with Crippen molar-refractivity contribution < 1.29 is 22.8 Å². The summed E-state index contributed by atoms with van der Waals surface area (Å²) in [6, 6.07) is 14.9. The maximum Gasteiger partial charge on any atom is 0.446 e. The quantitative estimate of drug-likeness (QED) is 0.532. The van der Waals surface area contributed by atoms with Gasteiger partial charge in [-0.25, -0.2) is 4.79 Å². The molecule has 1 fully saturated rings. The molecule has 1 atom stereocenters. The molecule has 0 spiro atoms. The highest BCUT2D eigenvalue weighted by Gasteiger charge is 2.41. The Kier molecular flexibility index (Phi) is 5.98. The Morgan fingerprint density at radius 1 is 1.11 bits per heavy atom. The van der Waals surface area contributed by atoms with Gasteiger partial charge in [-0.2, -0.15) is 13.2 Å². The Bertz CT molecular complexity index is 841. The lowest BCUT2D eigenvalue weighted by Crippen LogP contribution is -2.59. The predicted octanol–water partition coefficient (Wildman–Crippen LogP) is 4.69. The number of carbonyl (C=O) groups is 2. The van der Waals surface area contributed by atoms with Gasteiger partial charge in [0.25, 0.3) is 0 Å². The molecule has 2 aromatic carbocycles. The topological polar surface area (TPSA) is 40.6 Å². The monoisotopic (exact) mass is 408 g/mol. The van der Waals surface area contributed by atoms with E-state index in [1.807, 2.05) is 30.3 Å². The fraction of sp³-hybridized carbons (Fsp3) is 0.300. The second kappa shape index (κ2) is 8.26. The number of rotatable bonds is 5. The minimum absolute atomic E-state index is 0.0890. The SMILES string of the molecule is CN(Cc1ccc(SC(F)(F)F)cc1)C(=O)N1C(=O)C[C@@H]1Cc1ccccc1. The van der Waals surface area contributed by atoms with Gasteiger partial charge in [-0.05, 0) is 41.4 Å². The van der Waals surface area contributed by atoms with E-state index < -0.39 is 11.5 Å². The van der Waals surface area contributed by atoms with E-state index in [4.69, 9.17) is 0 Å². The van der Waals surface area contributed by atoms with Crippen LogP contribution in [0.3, 0.4) is 0 Å². The number of amides is 3. The fourth-order valence-electron chi connectivity index (χ4n) is 3.12. The number of imide groups is 1. The van der Waals surface area contributed by atoms with Gasteiger partial charge >= 0.3 is 11.5 Å². The van der Waals surface area contributed by atoms with Gasteiger partial charge in [0.2, 0.25) is 5.91 Å². The van der Waals surface area contributed by atoms with Crippen LogP contribution in [0.1, 0.15) is 17.5 Å². The number of hydrogen-bond donors (Lipinski definition) is 0. The first kappa shape index (κ1) is 20.3. The number of β-lactam (4-membered cyclic amide) rings is 1.